The number of rotatable bonds is 7. The second-order valence-corrected chi connectivity index (χ2v) is 6.22. The minimum Gasteiger partial charge on any atom is -0.550 e. The van der Waals surface area contributed by atoms with E-state index in [1.165, 1.54) is 0 Å². The van der Waals surface area contributed by atoms with Crippen molar-refractivity contribution in [2.45, 2.75) is 32.4 Å². The van der Waals surface area contributed by atoms with Gasteiger partial charge in [-0.25, -0.2) is 0 Å². The molecule has 6 heteroatoms. The molecule has 0 aromatic heterocycles. The van der Waals surface area contributed by atoms with Crippen molar-refractivity contribution >= 4 is 23.5 Å². The van der Waals surface area contributed by atoms with Crippen molar-refractivity contribution in [1.29, 1.82) is 0 Å². The van der Waals surface area contributed by atoms with Crippen LogP contribution in [0.5, 0.6) is 5.75 Å². The third-order valence-electron chi connectivity index (χ3n) is 3.45. The highest BCUT2D eigenvalue weighted by atomic mass is 35.5. The molecule has 0 fully saturated rings. The van der Waals surface area contributed by atoms with Gasteiger partial charge in [-0.2, -0.15) is 0 Å². The van der Waals surface area contributed by atoms with Crippen LogP contribution >= 0.6 is 11.6 Å². The van der Waals surface area contributed by atoms with Gasteiger partial charge in [-0.05, 0) is 43.7 Å². The Hall–Kier alpha value is -2.53. The molecule has 0 saturated heterocycles. The molecule has 25 heavy (non-hydrogen) atoms. The SMILES string of the molecule is CC(C)Oc1ccc([C@@H](CC(=O)[O-])NC(=O)c2ccccc2Cl)cc1. The van der Waals surface area contributed by atoms with Crippen LogP contribution in [0.25, 0.3) is 0 Å². The summed E-state index contributed by atoms with van der Waals surface area (Å²) in [5.74, 6) is -1.03. The molecule has 5 nitrogen and oxygen atoms in total. The minimum atomic E-state index is -1.26. The summed E-state index contributed by atoms with van der Waals surface area (Å²) in [6.45, 7) is 3.83. The van der Waals surface area contributed by atoms with E-state index in [4.69, 9.17) is 16.3 Å². The summed E-state index contributed by atoms with van der Waals surface area (Å²) in [7, 11) is 0. The van der Waals surface area contributed by atoms with E-state index in [9.17, 15) is 14.7 Å². The second-order valence-electron chi connectivity index (χ2n) is 5.82. The number of carbonyl (C=O) groups excluding carboxylic acids is 2. The number of carboxylic acids is 1. The fourth-order valence-electron chi connectivity index (χ4n) is 2.35. The minimum absolute atomic E-state index is 0.0322. The lowest BCUT2D eigenvalue weighted by Crippen LogP contribution is -2.34. The Kier molecular flexibility index (Phi) is 6.42. The van der Waals surface area contributed by atoms with Crippen molar-refractivity contribution in [3.05, 3.63) is 64.7 Å². The molecule has 1 atom stereocenters. The summed E-state index contributed by atoms with van der Waals surface area (Å²) in [6.07, 6.45) is -0.314. The molecule has 0 spiro atoms. The van der Waals surface area contributed by atoms with Crippen LogP contribution in [0.1, 0.15) is 42.2 Å². The zero-order valence-corrected chi connectivity index (χ0v) is 14.7. The quantitative estimate of drug-likeness (QED) is 0.823. The molecule has 0 saturated carbocycles. The van der Waals surface area contributed by atoms with Crippen LogP contribution in [0.4, 0.5) is 0 Å². The zero-order valence-electron chi connectivity index (χ0n) is 14.0. The largest absolute Gasteiger partial charge is 0.550 e. The maximum atomic E-state index is 12.4. The van der Waals surface area contributed by atoms with Crippen LogP contribution in [0, 0.1) is 0 Å². The summed E-state index contributed by atoms with van der Waals surface area (Å²) in [5, 5.41) is 14.1. The van der Waals surface area contributed by atoms with Crippen LogP contribution in [0.2, 0.25) is 5.02 Å². The number of halogens is 1. The third-order valence-corrected chi connectivity index (χ3v) is 3.78. The van der Waals surface area contributed by atoms with Gasteiger partial charge in [0.25, 0.3) is 5.91 Å². The summed E-state index contributed by atoms with van der Waals surface area (Å²) in [4.78, 5) is 23.5. The molecule has 2 rings (SSSR count). The van der Waals surface area contributed by atoms with Crippen LogP contribution in [-0.2, 0) is 4.79 Å². The van der Waals surface area contributed by atoms with E-state index in [-0.39, 0.29) is 18.1 Å². The lowest BCUT2D eigenvalue weighted by Gasteiger charge is -2.21. The molecular weight excluding hydrogens is 342 g/mol. The molecule has 2 aromatic carbocycles. The number of nitrogens with one attached hydrogen (secondary N) is 1. The summed E-state index contributed by atoms with van der Waals surface area (Å²) >= 11 is 6.02. The number of hydrogen-bond donors (Lipinski definition) is 1. The maximum Gasteiger partial charge on any atom is 0.253 e. The van der Waals surface area contributed by atoms with Crippen molar-refractivity contribution in [1.82, 2.24) is 5.32 Å². The molecule has 1 N–H and O–H groups in total. The number of ether oxygens (including phenoxy) is 1. The molecule has 1 amide bonds. The molecule has 0 aliphatic heterocycles. The predicted molar refractivity (Wildman–Crippen MR) is 93.5 cm³/mol. The Labute approximate surface area is 151 Å². The van der Waals surface area contributed by atoms with Crippen molar-refractivity contribution in [2.24, 2.45) is 0 Å². The molecule has 0 radical (unpaired) electrons. The van der Waals surface area contributed by atoms with Gasteiger partial charge in [-0.3, -0.25) is 4.79 Å². The van der Waals surface area contributed by atoms with Crippen molar-refractivity contribution in [2.75, 3.05) is 0 Å². The van der Waals surface area contributed by atoms with E-state index >= 15 is 0 Å². The average Bonchev–Trinajstić information content (AvgIpc) is 2.54. The highest BCUT2D eigenvalue weighted by molar-refractivity contribution is 6.33. The first kappa shape index (κ1) is 18.8. The molecule has 0 aliphatic rings. The van der Waals surface area contributed by atoms with Crippen LogP contribution in [0.3, 0.4) is 0 Å². The third kappa shape index (κ3) is 5.50. The van der Waals surface area contributed by atoms with Gasteiger partial charge < -0.3 is 20.0 Å². The lowest BCUT2D eigenvalue weighted by molar-refractivity contribution is -0.306. The predicted octanol–water partition coefficient (Wildman–Crippen LogP) is 2.74. The van der Waals surface area contributed by atoms with Gasteiger partial charge in [0.15, 0.2) is 0 Å². The molecule has 2 aromatic rings. The molecular formula is C19H19ClNO4-. The van der Waals surface area contributed by atoms with Crippen molar-refractivity contribution < 1.29 is 19.4 Å². The Morgan fingerprint density at radius 2 is 1.76 bits per heavy atom. The first-order valence-electron chi connectivity index (χ1n) is 7.88. The monoisotopic (exact) mass is 360 g/mol. The summed E-state index contributed by atoms with van der Waals surface area (Å²) in [6, 6.07) is 12.8. The highest BCUT2D eigenvalue weighted by Gasteiger charge is 2.18. The van der Waals surface area contributed by atoms with E-state index in [0.29, 0.717) is 16.3 Å². The Morgan fingerprint density at radius 3 is 2.32 bits per heavy atom. The average molecular weight is 361 g/mol. The summed E-state index contributed by atoms with van der Waals surface area (Å²) < 4.78 is 5.56. The topological polar surface area (TPSA) is 78.5 Å². The molecule has 0 unspecified atom stereocenters. The second kappa shape index (κ2) is 8.53. The van der Waals surface area contributed by atoms with Crippen LogP contribution in [0.15, 0.2) is 48.5 Å². The van der Waals surface area contributed by atoms with E-state index < -0.39 is 17.9 Å². The fourth-order valence-corrected chi connectivity index (χ4v) is 2.57. The van der Waals surface area contributed by atoms with Gasteiger partial charge in [0, 0.05) is 12.4 Å². The number of carboxylic acid groups (broad SMARTS) is 1. The summed E-state index contributed by atoms with van der Waals surface area (Å²) in [5.41, 5.74) is 0.924. The van der Waals surface area contributed by atoms with E-state index in [1.54, 1.807) is 48.5 Å². The van der Waals surface area contributed by atoms with Gasteiger partial charge in [-0.1, -0.05) is 35.9 Å². The molecule has 0 heterocycles. The van der Waals surface area contributed by atoms with Gasteiger partial charge in [0.05, 0.1) is 22.7 Å². The highest BCUT2D eigenvalue weighted by Crippen LogP contribution is 2.23. The standard InChI is InChI=1S/C19H20ClNO4/c1-12(2)25-14-9-7-13(8-10-14)17(11-18(22)23)21-19(24)15-5-3-4-6-16(15)20/h3-10,12,17H,11H2,1-2H3,(H,21,24)(H,22,23)/p-1/t17-/m1/s1. The number of benzene rings is 2. The maximum absolute atomic E-state index is 12.4. The number of carbonyl (C=O) groups is 2. The number of hydrogen-bond acceptors (Lipinski definition) is 4. The molecule has 0 aliphatic carbocycles. The number of aliphatic carboxylic acids is 1. The van der Waals surface area contributed by atoms with Gasteiger partial charge in [0.1, 0.15) is 5.75 Å². The van der Waals surface area contributed by atoms with Crippen LogP contribution in [-0.4, -0.2) is 18.0 Å². The van der Waals surface area contributed by atoms with E-state index in [0.717, 1.165) is 0 Å². The van der Waals surface area contributed by atoms with Crippen molar-refractivity contribution in [3.63, 3.8) is 0 Å². The Morgan fingerprint density at radius 1 is 1.12 bits per heavy atom. The smallest absolute Gasteiger partial charge is 0.253 e. The molecule has 132 valence electrons. The van der Waals surface area contributed by atoms with Crippen molar-refractivity contribution in [3.8, 4) is 5.75 Å². The van der Waals surface area contributed by atoms with E-state index in [1.807, 2.05) is 13.8 Å². The molecule has 0 bridgehead atoms. The first-order valence-corrected chi connectivity index (χ1v) is 8.26. The number of amides is 1. The Balaban J connectivity index is 2.20. The zero-order chi connectivity index (χ0) is 18.4. The van der Waals surface area contributed by atoms with Gasteiger partial charge in [-0.15, -0.1) is 0 Å². The first-order chi connectivity index (χ1) is 11.9. The van der Waals surface area contributed by atoms with Crippen LogP contribution < -0.4 is 15.2 Å². The fraction of sp³-hybridized carbons (Fsp3) is 0.263. The van der Waals surface area contributed by atoms with Gasteiger partial charge >= 0.3 is 0 Å². The Bertz CT molecular complexity index is 743. The lowest BCUT2D eigenvalue weighted by atomic mass is 10.0. The van der Waals surface area contributed by atoms with Gasteiger partial charge in [0.2, 0.25) is 0 Å². The van der Waals surface area contributed by atoms with E-state index in [2.05, 4.69) is 5.32 Å². The normalized spacial score (nSPS) is 11.8.